The van der Waals surface area contributed by atoms with E-state index in [1.807, 2.05) is 0 Å². The Kier molecular flexibility index (Phi) is 4.24. The summed E-state index contributed by atoms with van der Waals surface area (Å²) >= 11 is 0. The number of para-hydroxylation sites is 1. The molecule has 0 bridgehead atoms. The smallest absolute Gasteiger partial charge is 0.308 e. The highest BCUT2D eigenvalue weighted by molar-refractivity contribution is 6.13. The van der Waals surface area contributed by atoms with Crippen molar-refractivity contribution in [2.24, 2.45) is 7.05 Å². The fraction of sp³-hybridized carbons (Fsp3) is 0.122. The second-order valence-corrected chi connectivity index (χ2v) is 13.2. The predicted molar refractivity (Wildman–Crippen MR) is 181 cm³/mol. The van der Waals surface area contributed by atoms with Gasteiger partial charge in [-0.05, 0) is 60.5 Å². The molecular weight excluding hydrogens is 562 g/mol. The molecule has 6 heterocycles. The average Bonchev–Trinajstić information content (AvgIpc) is 3.83. The van der Waals surface area contributed by atoms with E-state index in [1.165, 1.54) is 95.3 Å². The van der Waals surface area contributed by atoms with Crippen molar-refractivity contribution in [1.82, 2.24) is 13.8 Å². The van der Waals surface area contributed by atoms with Gasteiger partial charge < -0.3 is 4.57 Å². The Labute approximate surface area is 266 Å². The van der Waals surface area contributed by atoms with Crippen LogP contribution in [0.25, 0.3) is 61.3 Å². The van der Waals surface area contributed by atoms with E-state index in [0.29, 0.717) is 0 Å². The third-order valence-corrected chi connectivity index (χ3v) is 11.0. The van der Waals surface area contributed by atoms with Crippen LogP contribution in [0, 0.1) is 20.8 Å². The fourth-order valence-corrected chi connectivity index (χ4v) is 9.53. The normalized spacial score (nSPS) is 16.3. The predicted octanol–water partition coefficient (Wildman–Crippen LogP) is 7.52. The van der Waals surface area contributed by atoms with Crippen molar-refractivity contribution in [2.75, 3.05) is 0 Å². The number of fused-ring (bicyclic) bond motifs is 8. The Morgan fingerprint density at radius 2 is 1.28 bits per heavy atom. The van der Waals surface area contributed by atoms with E-state index < -0.39 is 5.54 Å². The second kappa shape index (κ2) is 7.93. The molecule has 0 amide bonds. The Hall–Kier alpha value is -5.68. The molecule has 5 aromatic carbocycles. The van der Waals surface area contributed by atoms with E-state index in [4.69, 9.17) is 0 Å². The SMILES string of the molecule is Cc1c(-c2ccc(-c3ccccc3)cc2)[n+](C)c2n1-c1ccc3c4ccccc4n4c3c1C21c2c-4cccc2-n2c(C)cc(C)[n+]21. The first-order valence-corrected chi connectivity index (χ1v) is 16.1. The molecule has 1 unspecified atom stereocenters. The van der Waals surface area contributed by atoms with Crippen LogP contribution in [-0.2, 0) is 12.6 Å². The third-order valence-electron chi connectivity index (χ3n) is 11.0. The maximum Gasteiger partial charge on any atom is 0.351 e. The van der Waals surface area contributed by atoms with Crippen LogP contribution >= 0.6 is 0 Å². The molecule has 0 N–H and O–H groups in total. The molecule has 11 rings (SSSR count). The minimum Gasteiger partial charge on any atom is -0.308 e. The van der Waals surface area contributed by atoms with Crippen molar-refractivity contribution in [1.29, 1.82) is 0 Å². The number of hydrogen-bond donors (Lipinski definition) is 0. The van der Waals surface area contributed by atoms with E-state index in [9.17, 15) is 0 Å². The molecule has 1 spiro atoms. The van der Waals surface area contributed by atoms with Gasteiger partial charge in [0.1, 0.15) is 16.9 Å². The summed E-state index contributed by atoms with van der Waals surface area (Å²) in [5, 5.41) is 2.62. The standard InChI is InChI=1S/C41H31N5/c1-24-23-25(2)46-41-36-33(15-10-16-35(36)45(24)46)44-32-14-9-8-13-30(32)31-21-22-34(37(41)39(31)44)43-26(3)38(42(4)40(41)43)29-19-17-28(18-20-29)27-11-6-5-7-12-27/h5-23H,1-4H3/q+2. The van der Waals surface area contributed by atoms with Crippen molar-refractivity contribution < 1.29 is 9.25 Å². The summed E-state index contributed by atoms with van der Waals surface area (Å²) in [7, 11) is 2.28. The molecule has 3 aliphatic heterocycles. The minimum absolute atomic E-state index is 0.523. The lowest BCUT2D eigenvalue weighted by molar-refractivity contribution is -0.818. The number of hydrogen-bond acceptors (Lipinski definition) is 0. The van der Waals surface area contributed by atoms with Gasteiger partial charge in [-0.3, -0.25) is 0 Å². The van der Waals surface area contributed by atoms with Crippen molar-refractivity contribution in [3.8, 4) is 39.4 Å². The fourth-order valence-electron chi connectivity index (χ4n) is 9.53. The number of rotatable bonds is 2. The van der Waals surface area contributed by atoms with Gasteiger partial charge in [0.05, 0.1) is 35.0 Å². The highest BCUT2D eigenvalue weighted by Gasteiger charge is 2.72. The van der Waals surface area contributed by atoms with Gasteiger partial charge in [-0.2, -0.15) is 4.57 Å². The first-order valence-electron chi connectivity index (χ1n) is 16.1. The van der Waals surface area contributed by atoms with E-state index >= 15 is 0 Å². The van der Waals surface area contributed by atoms with Crippen LogP contribution in [0.1, 0.15) is 34.0 Å². The van der Waals surface area contributed by atoms with Gasteiger partial charge in [-0.1, -0.05) is 71.4 Å². The van der Waals surface area contributed by atoms with Gasteiger partial charge in [0.2, 0.25) is 5.69 Å². The Morgan fingerprint density at radius 3 is 2.11 bits per heavy atom. The Balaban J connectivity index is 1.31. The average molecular weight is 594 g/mol. The molecule has 3 aromatic heterocycles. The zero-order valence-electron chi connectivity index (χ0n) is 26.2. The summed E-state index contributed by atoms with van der Waals surface area (Å²) < 4.78 is 12.7. The van der Waals surface area contributed by atoms with E-state index in [1.54, 1.807) is 0 Å². The van der Waals surface area contributed by atoms with Gasteiger partial charge in [-0.15, -0.1) is 4.68 Å². The number of nitrogens with zero attached hydrogens (tertiary/aromatic N) is 5. The highest BCUT2D eigenvalue weighted by Crippen LogP contribution is 2.58. The van der Waals surface area contributed by atoms with Gasteiger partial charge in [-0.25, -0.2) is 4.57 Å². The first-order chi connectivity index (χ1) is 22.5. The molecule has 5 heteroatoms. The van der Waals surface area contributed by atoms with Crippen LogP contribution in [0.2, 0.25) is 0 Å². The monoisotopic (exact) mass is 593 g/mol. The first kappa shape index (κ1) is 24.6. The van der Waals surface area contributed by atoms with E-state index in [0.717, 1.165) is 0 Å². The summed E-state index contributed by atoms with van der Waals surface area (Å²) in [5.41, 5.74) is 17.3. The molecule has 218 valence electrons. The molecule has 3 aliphatic rings. The van der Waals surface area contributed by atoms with Crippen LogP contribution in [0.15, 0.2) is 115 Å². The highest BCUT2D eigenvalue weighted by atomic mass is 15.5. The summed E-state index contributed by atoms with van der Waals surface area (Å²) in [6.07, 6.45) is 0. The summed E-state index contributed by atoms with van der Waals surface area (Å²) in [5.74, 6) is 1.28. The molecule has 1 atom stereocenters. The Bertz CT molecular complexity index is 2660. The molecule has 46 heavy (non-hydrogen) atoms. The number of aryl methyl sites for hydroxylation is 2. The molecular formula is C41H31N5+2. The maximum absolute atomic E-state index is 2.59. The quantitative estimate of drug-likeness (QED) is 0.185. The van der Waals surface area contributed by atoms with Gasteiger partial charge in [0.25, 0.3) is 0 Å². The van der Waals surface area contributed by atoms with E-state index in [-0.39, 0.29) is 0 Å². The van der Waals surface area contributed by atoms with Gasteiger partial charge >= 0.3 is 11.4 Å². The minimum atomic E-state index is -0.523. The lowest BCUT2D eigenvalue weighted by atomic mass is 9.79. The molecule has 8 aromatic rings. The molecule has 0 radical (unpaired) electrons. The maximum atomic E-state index is 2.59. The topological polar surface area (TPSA) is 22.5 Å². The molecule has 0 saturated carbocycles. The third kappa shape index (κ3) is 2.49. The lowest BCUT2D eigenvalue weighted by Gasteiger charge is -2.26. The molecule has 5 nitrogen and oxygen atoms in total. The Morgan fingerprint density at radius 1 is 0.587 bits per heavy atom. The van der Waals surface area contributed by atoms with Crippen molar-refractivity contribution >= 4 is 21.8 Å². The van der Waals surface area contributed by atoms with Gasteiger partial charge in [0.15, 0.2) is 11.4 Å². The van der Waals surface area contributed by atoms with Crippen LogP contribution in [0.5, 0.6) is 0 Å². The molecule has 0 saturated heterocycles. The lowest BCUT2D eigenvalue weighted by Crippen LogP contribution is -2.64. The zero-order valence-corrected chi connectivity index (χ0v) is 26.2. The summed E-state index contributed by atoms with van der Waals surface area (Å²) in [6.45, 7) is 6.82. The largest absolute Gasteiger partial charge is 0.351 e. The van der Waals surface area contributed by atoms with Crippen LogP contribution in [0.3, 0.4) is 0 Å². The second-order valence-electron chi connectivity index (χ2n) is 13.2. The zero-order chi connectivity index (χ0) is 30.6. The van der Waals surface area contributed by atoms with Gasteiger partial charge in [0, 0.05) is 36.2 Å². The van der Waals surface area contributed by atoms with Crippen molar-refractivity contribution in [2.45, 2.75) is 26.3 Å². The molecule has 0 aliphatic carbocycles. The number of imidazole rings is 1. The van der Waals surface area contributed by atoms with Crippen LogP contribution < -0.4 is 9.25 Å². The van der Waals surface area contributed by atoms with Crippen molar-refractivity contribution in [3.63, 3.8) is 0 Å². The number of aromatic nitrogens is 5. The summed E-state index contributed by atoms with van der Waals surface area (Å²) in [4.78, 5) is 0. The summed E-state index contributed by atoms with van der Waals surface area (Å²) in [6, 6.07) is 42.6. The van der Waals surface area contributed by atoms with Crippen LogP contribution in [-0.4, -0.2) is 13.8 Å². The van der Waals surface area contributed by atoms with E-state index in [2.05, 4.69) is 166 Å². The van der Waals surface area contributed by atoms with Crippen molar-refractivity contribution in [3.05, 3.63) is 149 Å². The number of benzene rings is 5. The molecule has 0 fully saturated rings. The van der Waals surface area contributed by atoms with Crippen LogP contribution in [0.4, 0.5) is 0 Å².